The second-order valence-electron chi connectivity index (χ2n) is 3.34. The van der Waals surface area contributed by atoms with Crippen molar-refractivity contribution in [1.82, 2.24) is 10.6 Å². The van der Waals surface area contributed by atoms with Crippen LogP contribution in [0.1, 0.15) is 16.8 Å². The Morgan fingerprint density at radius 3 is 2.81 bits per heavy atom. The Bertz CT molecular complexity index is 371. The third kappa shape index (κ3) is 4.12. The fraction of sp³-hybridized carbons (Fsp3) is 0.364. The zero-order chi connectivity index (χ0) is 12.0. The number of carbonyl (C=O) groups excluding carboxylic acids is 1. The molecular formula is C11H14BrClN2O. The minimum Gasteiger partial charge on any atom is -0.352 e. The lowest BCUT2D eigenvalue weighted by Gasteiger charge is -2.06. The first-order valence-corrected chi connectivity index (χ1v) is 6.20. The van der Waals surface area contributed by atoms with Crippen molar-refractivity contribution in [2.24, 2.45) is 0 Å². The van der Waals surface area contributed by atoms with Crippen molar-refractivity contribution in [3.05, 3.63) is 33.3 Å². The van der Waals surface area contributed by atoms with Gasteiger partial charge in [0.05, 0.1) is 10.6 Å². The van der Waals surface area contributed by atoms with Crippen LogP contribution in [0, 0.1) is 0 Å². The molecular weight excluding hydrogens is 291 g/mol. The van der Waals surface area contributed by atoms with Crippen LogP contribution in [0.3, 0.4) is 0 Å². The molecule has 0 aliphatic rings. The number of hydrogen-bond donors (Lipinski definition) is 2. The van der Waals surface area contributed by atoms with E-state index < -0.39 is 0 Å². The fourth-order valence-electron chi connectivity index (χ4n) is 1.24. The lowest BCUT2D eigenvalue weighted by Crippen LogP contribution is -2.26. The SMILES string of the molecule is CNCCCNC(=O)c1ccc(Br)cc1Cl. The Kier molecular flexibility index (Phi) is 5.80. The van der Waals surface area contributed by atoms with E-state index in [1.807, 2.05) is 7.05 Å². The van der Waals surface area contributed by atoms with E-state index in [4.69, 9.17) is 11.6 Å². The standard InChI is InChI=1S/C11H14BrClN2O/c1-14-5-2-6-15-11(16)9-4-3-8(12)7-10(9)13/h3-4,7,14H,2,5-6H2,1H3,(H,15,16). The van der Waals surface area contributed by atoms with Gasteiger partial charge in [-0.05, 0) is 38.2 Å². The zero-order valence-corrected chi connectivity index (χ0v) is 11.4. The summed E-state index contributed by atoms with van der Waals surface area (Å²) in [6.45, 7) is 1.53. The predicted molar refractivity (Wildman–Crippen MR) is 70.0 cm³/mol. The average molecular weight is 306 g/mol. The van der Waals surface area contributed by atoms with Crippen molar-refractivity contribution < 1.29 is 4.79 Å². The van der Waals surface area contributed by atoms with Gasteiger partial charge in [0.1, 0.15) is 0 Å². The summed E-state index contributed by atoms with van der Waals surface area (Å²) in [6.07, 6.45) is 0.899. The largest absolute Gasteiger partial charge is 0.352 e. The second-order valence-corrected chi connectivity index (χ2v) is 4.66. The Labute approximate surface area is 109 Å². The minimum absolute atomic E-state index is 0.131. The van der Waals surface area contributed by atoms with Gasteiger partial charge < -0.3 is 10.6 Å². The van der Waals surface area contributed by atoms with Crippen molar-refractivity contribution in [1.29, 1.82) is 0 Å². The average Bonchev–Trinajstić information content (AvgIpc) is 2.24. The number of nitrogens with one attached hydrogen (secondary N) is 2. The van der Waals surface area contributed by atoms with Gasteiger partial charge in [-0.3, -0.25) is 4.79 Å². The molecule has 1 rings (SSSR count). The predicted octanol–water partition coefficient (Wildman–Crippen LogP) is 2.44. The third-order valence-electron chi connectivity index (χ3n) is 2.06. The highest BCUT2D eigenvalue weighted by Gasteiger charge is 2.09. The number of hydrogen-bond acceptors (Lipinski definition) is 2. The van der Waals surface area contributed by atoms with E-state index in [9.17, 15) is 4.79 Å². The van der Waals surface area contributed by atoms with Crippen LogP contribution >= 0.6 is 27.5 Å². The number of halogens is 2. The normalized spacial score (nSPS) is 10.2. The Morgan fingerprint density at radius 1 is 1.44 bits per heavy atom. The van der Waals surface area contributed by atoms with E-state index in [0.29, 0.717) is 17.1 Å². The zero-order valence-electron chi connectivity index (χ0n) is 9.02. The van der Waals surface area contributed by atoms with Gasteiger partial charge in [0.2, 0.25) is 0 Å². The van der Waals surface area contributed by atoms with E-state index in [1.165, 1.54) is 0 Å². The van der Waals surface area contributed by atoms with Crippen molar-refractivity contribution in [2.45, 2.75) is 6.42 Å². The molecule has 0 unspecified atom stereocenters. The summed E-state index contributed by atoms with van der Waals surface area (Å²) in [5, 5.41) is 6.29. The van der Waals surface area contributed by atoms with Crippen LogP contribution in [0.15, 0.2) is 22.7 Å². The number of rotatable bonds is 5. The highest BCUT2D eigenvalue weighted by atomic mass is 79.9. The van der Waals surface area contributed by atoms with Crippen molar-refractivity contribution in [3.63, 3.8) is 0 Å². The molecule has 0 atom stereocenters. The van der Waals surface area contributed by atoms with E-state index in [2.05, 4.69) is 26.6 Å². The lowest BCUT2D eigenvalue weighted by atomic mass is 10.2. The smallest absolute Gasteiger partial charge is 0.252 e. The molecule has 2 N–H and O–H groups in total. The molecule has 0 heterocycles. The summed E-state index contributed by atoms with van der Waals surface area (Å²) in [5.41, 5.74) is 0.509. The molecule has 1 aromatic carbocycles. The minimum atomic E-state index is -0.131. The van der Waals surface area contributed by atoms with Gasteiger partial charge in [-0.1, -0.05) is 27.5 Å². The highest BCUT2D eigenvalue weighted by Crippen LogP contribution is 2.21. The molecule has 5 heteroatoms. The molecule has 0 saturated heterocycles. The first kappa shape index (κ1) is 13.5. The van der Waals surface area contributed by atoms with Crippen LogP contribution < -0.4 is 10.6 Å². The third-order valence-corrected chi connectivity index (χ3v) is 2.87. The van der Waals surface area contributed by atoms with Gasteiger partial charge in [-0.15, -0.1) is 0 Å². The molecule has 88 valence electrons. The first-order valence-electron chi connectivity index (χ1n) is 5.03. The van der Waals surface area contributed by atoms with Gasteiger partial charge in [0.25, 0.3) is 5.91 Å². The van der Waals surface area contributed by atoms with Gasteiger partial charge in [0.15, 0.2) is 0 Å². The summed E-state index contributed by atoms with van der Waals surface area (Å²) < 4.78 is 0.865. The van der Waals surface area contributed by atoms with Crippen LogP contribution in [0.4, 0.5) is 0 Å². The molecule has 0 aliphatic heterocycles. The van der Waals surface area contributed by atoms with Gasteiger partial charge >= 0.3 is 0 Å². The molecule has 0 spiro atoms. The summed E-state index contributed by atoms with van der Waals surface area (Å²) >= 11 is 9.26. The van der Waals surface area contributed by atoms with Gasteiger partial charge in [-0.25, -0.2) is 0 Å². The van der Waals surface area contributed by atoms with E-state index in [1.54, 1.807) is 18.2 Å². The first-order chi connectivity index (χ1) is 7.65. The molecule has 1 aromatic rings. The number of benzene rings is 1. The Morgan fingerprint density at radius 2 is 2.19 bits per heavy atom. The lowest BCUT2D eigenvalue weighted by molar-refractivity contribution is 0.0953. The van der Waals surface area contributed by atoms with Gasteiger partial charge in [0, 0.05) is 11.0 Å². The maximum atomic E-state index is 11.7. The monoisotopic (exact) mass is 304 g/mol. The Hall–Kier alpha value is -0.580. The second kappa shape index (κ2) is 6.89. The number of amides is 1. The summed E-state index contributed by atoms with van der Waals surface area (Å²) in [4.78, 5) is 11.7. The molecule has 0 aromatic heterocycles. The summed E-state index contributed by atoms with van der Waals surface area (Å²) in [6, 6.07) is 5.22. The molecule has 1 amide bonds. The quantitative estimate of drug-likeness (QED) is 0.821. The van der Waals surface area contributed by atoms with Crippen LogP contribution in [-0.2, 0) is 0 Å². The van der Waals surface area contributed by atoms with Crippen LogP contribution in [0.2, 0.25) is 5.02 Å². The summed E-state index contributed by atoms with van der Waals surface area (Å²) in [7, 11) is 1.88. The van der Waals surface area contributed by atoms with Crippen molar-refractivity contribution >= 4 is 33.4 Å². The van der Waals surface area contributed by atoms with E-state index in [0.717, 1.165) is 17.4 Å². The van der Waals surface area contributed by atoms with E-state index in [-0.39, 0.29) is 5.91 Å². The van der Waals surface area contributed by atoms with E-state index >= 15 is 0 Å². The molecule has 0 bridgehead atoms. The molecule has 0 aliphatic carbocycles. The molecule has 0 fully saturated rings. The van der Waals surface area contributed by atoms with Crippen molar-refractivity contribution in [3.8, 4) is 0 Å². The molecule has 0 saturated carbocycles. The maximum Gasteiger partial charge on any atom is 0.252 e. The Balaban J connectivity index is 2.53. The van der Waals surface area contributed by atoms with Crippen LogP contribution in [-0.4, -0.2) is 26.0 Å². The maximum absolute atomic E-state index is 11.7. The van der Waals surface area contributed by atoms with Crippen LogP contribution in [0.5, 0.6) is 0 Å². The highest BCUT2D eigenvalue weighted by molar-refractivity contribution is 9.10. The van der Waals surface area contributed by atoms with Gasteiger partial charge in [-0.2, -0.15) is 0 Å². The van der Waals surface area contributed by atoms with Crippen LogP contribution in [0.25, 0.3) is 0 Å². The summed E-state index contributed by atoms with van der Waals surface area (Å²) in [5.74, 6) is -0.131. The number of carbonyl (C=O) groups is 1. The topological polar surface area (TPSA) is 41.1 Å². The van der Waals surface area contributed by atoms with Crippen molar-refractivity contribution in [2.75, 3.05) is 20.1 Å². The molecule has 0 radical (unpaired) electrons. The fourth-order valence-corrected chi connectivity index (χ4v) is 2.00. The molecule has 16 heavy (non-hydrogen) atoms. The molecule has 3 nitrogen and oxygen atoms in total.